The van der Waals surface area contributed by atoms with Crippen molar-refractivity contribution in [3.63, 3.8) is 0 Å². The van der Waals surface area contributed by atoms with E-state index in [4.69, 9.17) is 0 Å². The van der Waals surface area contributed by atoms with E-state index in [0.717, 1.165) is 44.1 Å². The van der Waals surface area contributed by atoms with E-state index < -0.39 is 17.3 Å². The first-order valence-electron chi connectivity index (χ1n) is 9.81. The van der Waals surface area contributed by atoms with Crippen LogP contribution in [0.25, 0.3) is 5.82 Å². The van der Waals surface area contributed by atoms with E-state index >= 15 is 0 Å². The van der Waals surface area contributed by atoms with Gasteiger partial charge in [0.2, 0.25) is 0 Å². The molecular formula is C20H23F3N6. The zero-order valence-electron chi connectivity index (χ0n) is 16.4. The molecule has 9 heteroatoms. The summed E-state index contributed by atoms with van der Waals surface area (Å²) in [6, 6.07) is 4.56. The van der Waals surface area contributed by atoms with Crippen molar-refractivity contribution in [1.82, 2.24) is 19.7 Å². The van der Waals surface area contributed by atoms with Gasteiger partial charge in [0.1, 0.15) is 17.5 Å². The lowest BCUT2D eigenvalue weighted by molar-refractivity contribution is -0.137. The van der Waals surface area contributed by atoms with E-state index in [1.54, 1.807) is 17.2 Å². The van der Waals surface area contributed by atoms with Crippen LogP contribution in [0.2, 0.25) is 0 Å². The molecule has 1 atom stereocenters. The van der Waals surface area contributed by atoms with Crippen molar-refractivity contribution in [1.29, 1.82) is 5.26 Å². The Morgan fingerprint density at radius 3 is 2.45 bits per heavy atom. The van der Waals surface area contributed by atoms with Crippen LogP contribution in [0.15, 0.2) is 18.3 Å². The van der Waals surface area contributed by atoms with Gasteiger partial charge in [0.05, 0.1) is 11.3 Å². The lowest BCUT2D eigenvalue weighted by atomic mass is 9.94. The van der Waals surface area contributed by atoms with Gasteiger partial charge >= 0.3 is 6.18 Å². The molecule has 0 unspecified atom stereocenters. The SMILES string of the molecule is C[C@H]1CCN1c1nc(-n2ccc(C3CCN(C)CC3)n2)cc(C(F)(F)F)c1C#N. The molecule has 0 aromatic carbocycles. The highest BCUT2D eigenvalue weighted by atomic mass is 19.4. The van der Waals surface area contributed by atoms with Crippen LogP contribution in [0.5, 0.6) is 0 Å². The third-order valence-electron chi connectivity index (χ3n) is 5.98. The molecule has 154 valence electrons. The fraction of sp³-hybridized carbons (Fsp3) is 0.550. The molecule has 4 rings (SSSR count). The van der Waals surface area contributed by atoms with Gasteiger partial charge in [0, 0.05) is 24.7 Å². The lowest BCUT2D eigenvalue weighted by Crippen LogP contribution is -2.47. The van der Waals surface area contributed by atoms with E-state index in [9.17, 15) is 18.4 Å². The molecule has 2 aliphatic heterocycles. The highest BCUT2D eigenvalue weighted by Gasteiger charge is 2.39. The van der Waals surface area contributed by atoms with Crippen molar-refractivity contribution in [2.45, 2.75) is 44.3 Å². The van der Waals surface area contributed by atoms with Crippen LogP contribution in [0.1, 0.15) is 48.9 Å². The monoisotopic (exact) mass is 404 g/mol. The summed E-state index contributed by atoms with van der Waals surface area (Å²) in [4.78, 5) is 8.43. The summed E-state index contributed by atoms with van der Waals surface area (Å²) in [5, 5.41) is 14.0. The molecule has 4 heterocycles. The number of nitriles is 1. The minimum Gasteiger partial charge on any atom is -0.353 e. The van der Waals surface area contributed by atoms with E-state index in [1.807, 2.05) is 13.0 Å². The number of piperidine rings is 1. The lowest BCUT2D eigenvalue weighted by Gasteiger charge is -2.40. The molecule has 2 aliphatic rings. The second-order valence-electron chi connectivity index (χ2n) is 7.93. The van der Waals surface area contributed by atoms with Crippen LogP contribution in [0, 0.1) is 11.3 Å². The van der Waals surface area contributed by atoms with E-state index in [0.29, 0.717) is 12.5 Å². The molecule has 2 saturated heterocycles. The number of rotatable bonds is 3. The Morgan fingerprint density at radius 1 is 1.17 bits per heavy atom. The maximum Gasteiger partial charge on any atom is 0.417 e. The highest BCUT2D eigenvalue weighted by molar-refractivity contribution is 5.62. The minimum absolute atomic E-state index is 0.0540. The molecule has 2 fully saturated rings. The third kappa shape index (κ3) is 3.69. The van der Waals surface area contributed by atoms with E-state index in [2.05, 4.69) is 22.0 Å². The van der Waals surface area contributed by atoms with Gasteiger partial charge in [-0.15, -0.1) is 0 Å². The maximum atomic E-state index is 13.7. The van der Waals surface area contributed by atoms with Crippen molar-refractivity contribution in [3.8, 4) is 11.9 Å². The standard InChI is InChI=1S/C20H23F3N6/c1-13-3-9-28(13)19-15(12-24)16(20(21,22)23)11-18(25-19)29-10-6-17(26-29)14-4-7-27(2)8-5-14/h6,10-11,13-14H,3-5,7-9H2,1-2H3/t13-/m0/s1. The molecule has 0 amide bonds. The van der Waals surface area contributed by atoms with Crippen molar-refractivity contribution >= 4 is 5.82 Å². The van der Waals surface area contributed by atoms with Crippen LogP contribution in [-0.2, 0) is 6.18 Å². The Balaban J connectivity index is 1.74. The quantitative estimate of drug-likeness (QED) is 0.783. The number of alkyl halides is 3. The summed E-state index contributed by atoms with van der Waals surface area (Å²) in [5.41, 5.74) is -0.511. The van der Waals surface area contributed by atoms with Crippen LogP contribution in [0.4, 0.5) is 19.0 Å². The summed E-state index contributed by atoms with van der Waals surface area (Å²) in [7, 11) is 2.08. The van der Waals surface area contributed by atoms with Gasteiger partial charge in [-0.05, 0) is 58.5 Å². The highest BCUT2D eigenvalue weighted by Crippen LogP contribution is 2.38. The van der Waals surface area contributed by atoms with Gasteiger partial charge in [-0.3, -0.25) is 0 Å². The number of aromatic nitrogens is 3. The number of hydrogen-bond acceptors (Lipinski definition) is 5. The van der Waals surface area contributed by atoms with Gasteiger partial charge in [-0.1, -0.05) is 0 Å². The predicted octanol–water partition coefficient (Wildman–Crippen LogP) is 3.57. The number of likely N-dealkylation sites (tertiary alicyclic amines) is 1. The Labute approximate surface area is 167 Å². The first kappa shape index (κ1) is 19.7. The van der Waals surface area contributed by atoms with Gasteiger partial charge in [-0.2, -0.15) is 23.5 Å². The molecule has 0 N–H and O–H groups in total. The van der Waals surface area contributed by atoms with Crippen molar-refractivity contribution in [2.24, 2.45) is 0 Å². The number of pyridine rings is 1. The molecule has 0 bridgehead atoms. The summed E-state index contributed by atoms with van der Waals surface area (Å²) < 4.78 is 42.5. The molecule has 0 aliphatic carbocycles. The molecule has 0 spiro atoms. The van der Waals surface area contributed by atoms with Crippen LogP contribution < -0.4 is 4.90 Å². The Bertz CT molecular complexity index is 937. The molecular weight excluding hydrogens is 381 g/mol. The Morgan fingerprint density at radius 2 is 1.90 bits per heavy atom. The fourth-order valence-electron chi connectivity index (χ4n) is 4.00. The zero-order chi connectivity index (χ0) is 20.8. The predicted molar refractivity (Wildman–Crippen MR) is 102 cm³/mol. The molecule has 2 aromatic heterocycles. The second-order valence-corrected chi connectivity index (χ2v) is 7.93. The summed E-state index contributed by atoms with van der Waals surface area (Å²) in [6.45, 7) is 4.45. The van der Waals surface area contributed by atoms with Gasteiger partial charge < -0.3 is 9.80 Å². The molecule has 29 heavy (non-hydrogen) atoms. The maximum absolute atomic E-state index is 13.7. The summed E-state index contributed by atoms with van der Waals surface area (Å²) in [6.07, 6.45) is -0.182. The van der Waals surface area contributed by atoms with Gasteiger partial charge in [0.25, 0.3) is 0 Å². The first-order valence-corrected chi connectivity index (χ1v) is 9.81. The number of hydrogen-bond donors (Lipinski definition) is 0. The van der Waals surface area contributed by atoms with E-state index in [-0.39, 0.29) is 17.7 Å². The second kappa shape index (κ2) is 7.34. The van der Waals surface area contributed by atoms with Crippen LogP contribution in [0.3, 0.4) is 0 Å². The Hall–Kier alpha value is -2.60. The molecule has 6 nitrogen and oxygen atoms in total. The van der Waals surface area contributed by atoms with E-state index in [1.165, 1.54) is 4.68 Å². The Kier molecular flexibility index (Phi) is 4.99. The molecule has 0 radical (unpaired) electrons. The van der Waals surface area contributed by atoms with Crippen molar-refractivity contribution in [2.75, 3.05) is 31.6 Å². The normalized spacial score (nSPS) is 21.1. The van der Waals surface area contributed by atoms with Crippen LogP contribution >= 0.6 is 0 Å². The van der Waals surface area contributed by atoms with Gasteiger partial charge in [0.15, 0.2) is 5.82 Å². The average Bonchev–Trinajstić information content (AvgIpc) is 3.16. The van der Waals surface area contributed by atoms with Crippen molar-refractivity contribution in [3.05, 3.63) is 35.2 Å². The zero-order valence-corrected chi connectivity index (χ0v) is 16.4. The minimum atomic E-state index is -4.64. The summed E-state index contributed by atoms with van der Waals surface area (Å²) in [5.74, 6) is 0.472. The first-order chi connectivity index (χ1) is 13.8. The van der Waals surface area contributed by atoms with Crippen molar-refractivity contribution < 1.29 is 13.2 Å². The molecule has 2 aromatic rings. The summed E-state index contributed by atoms with van der Waals surface area (Å²) >= 11 is 0. The van der Waals surface area contributed by atoms with Crippen LogP contribution in [-0.4, -0.2) is 52.4 Å². The largest absolute Gasteiger partial charge is 0.417 e. The number of nitrogens with zero attached hydrogens (tertiary/aromatic N) is 6. The smallest absolute Gasteiger partial charge is 0.353 e. The topological polar surface area (TPSA) is 61.0 Å². The third-order valence-corrected chi connectivity index (χ3v) is 5.98. The fourth-order valence-corrected chi connectivity index (χ4v) is 4.00. The average molecular weight is 404 g/mol. The number of anilines is 1. The number of halogens is 3. The molecule has 0 saturated carbocycles. The van der Waals surface area contributed by atoms with Gasteiger partial charge in [-0.25, -0.2) is 9.67 Å².